The highest BCUT2D eigenvalue weighted by Gasteiger charge is 2.12. The molecule has 0 spiro atoms. The van der Waals surface area contributed by atoms with Crippen molar-refractivity contribution in [2.24, 2.45) is 0 Å². The number of amides is 1. The van der Waals surface area contributed by atoms with Gasteiger partial charge in [0.05, 0.1) is 13.2 Å². The molecule has 0 heterocycles. The van der Waals surface area contributed by atoms with E-state index in [0.29, 0.717) is 32.7 Å². The summed E-state index contributed by atoms with van der Waals surface area (Å²) in [6, 6.07) is 10.1. The molecule has 1 amide bonds. The van der Waals surface area contributed by atoms with Gasteiger partial charge in [-0.1, -0.05) is 30.3 Å². The van der Waals surface area contributed by atoms with Crippen LogP contribution in [-0.2, 0) is 20.7 Å². The van der Waals surface area contributed by atoms with Gasteiger partial charge in [0.2, 0.25) is 5.91 Å². The maximum atomic E-state index is 12.1. The molecule has 0 aliphatic carbocycles. The van der Waals surface area contributed by atoms with Crippen molar-refractivity contribution >= 4 is 5.91 Å². The first-order chi connectivity index (χ1) is 9.27. The minimum Gasteiger partial charge on any atom is -0.383 e. The number of benzene rings is 1. The molecule has 4 heteroatoms. The largest absolute Gasteiger partial charge is 0.383 e. The van der Waals surface area contributed by atoms with Gasteiger partial charge in [0, 0.05) is 33.7 Å². The third kappa shape index (κ3) is 6.36. The molecule has 0 saturated carbocycles. The van der Waals surface area contributed by atoms with Crippen LogP contribution in [-0.4, -0.2) is 51.3 Å². The van der Waals surface area contributed by atoms with Gasteiger partial charge in [0.25, 0.3) is 0 Å². The Morgan fingerprint density at radius 2 is 1.63 bits per heavy atom. The molecule has 1 aromatic rings. The summed E-state index contributed by atoms with van der Waals surface area (Å²) < 4.78 is 10.1. The molecular weight excluding hydrogens is 242 g/mol. The fourth-order valence-corrected chi connectivity index (χ4v) is 1.82. The molecule has 0 saturated heterocycles. The van der Waals surface area contributed by atoms with Crippen LogP contribution >= 0.6 is 0 Å². The van der Waals surface area contributed by atoms with Crippen molar-refractivity contribution in [1.82, 2.24) is 4.90 Å². The maximum Gasteiger partial charge on any atom is 0.223 e. The van der Waals surface area contributed by atoms with Crippen LogP contribution in [0.5, 0.6) is 0 Å². The lowest BCUT2D eigenvalue weighted by molar-refractivity contribution is -0.132. The minimum absolute atomic E-state index is 0.151. The standard InChI is InChI=1S/C15H23NO3/c1-18-12-10-16(11-13-19-2)15(17)9-8-14-6-4-3-5-7-14/h3-7H,8-13H2,1-2H3. The smallest absolute Gasteiger partial charge is 0.223 e. The Kier molecular flexibility index (Phi) is 7.86. The number of methoxy groups -OCH3 is 2. The van der Waals surface area contributed by atoms with E-state index in [1.807, 2.05) is 30.3 Å². The molecule has 4 nitrogen and oxygen atoms in total. The van der Waals surface area contributed by atoms with Crippen molar-refractivity contribution in [3.63, 3.8) is 0 Å². The lowest BCUT2D eigenvalue weighted by Crippen LogP contribution is -2.36. The average molecular weight is 265 g/mol. The number of carbonyl (C=O) groups excluding carboxylic acids is 1. The van der Waals surface area contributed by atoms with E-state index in [1.54, 1.807) is 19.1 Å². The quantitative estimate of drug-likeness (QED) is 0.682. The van der Waals surface area contributed by atoms with E-state index in [9.17, 15) is 4.79 Å². The zero-order valence-electron chi connectivity index (χ0n) is 11.8. The molecule has 19 heavy (non-hydrogen) atoms. The van der Waals surface area contributed by atoms with Crippen molar-refractivity contribution in [3.8, 4) is 0 Å². The molecule has 1 aromatic carbocycles. The highest BCUT2D eigenvalue weighted by Crippen LogP contribution is 2.05. The number of hydrogen-bond donors (Lipinski definition) is 0. The molecule has 0 aliphatic heterocycles. The van der Waals surface area contributed by atoms with Crippen molar-refractivity contribution in [1.29, 1.82) is 0 Å². The summed E-state index contributed by atoms with van der Waals surface area (Å²) in [5.74, 6) is 0.151. The van der Waals surface area contributed by atoms with Crippen LogP contribution in [0.3, 0.4) is 0 Å². The zero-order valence-corrected chi connectivity index (χ0v) is 11.8. The van der Waals surface area contributed by atoms with E-state index in [2.05, 4.69) is 0 Å². The lowest BCUT2D eigenvalue weighted by Gasteiger charge is -2.22. The van der Waals surface area contributed by atoms with Gasteiger partial charge >= 0.3 is 0 Å². The lowest BCUT2D eigenvalue weighted by atomic mass is 10.1. The molecule has 0 bridgehead atoms. The van der Waals surface area contributed by atoms with Crippen LogP contribution in [0.1, 0.15) is 12.0 Å². The molecule has 0 unspecified atom stereocenters. The second-order valence-corrected chi connectivity index (χ2v) is 4.35. The van der Waals surface area contributed by atoms with Crippen molar-refractivity contribution < 1.29 is 14.3 Å². The minimum atomic E-state index is 0.151. The summed E-state index contributed by atoms with van der Waals surface area (Å²) in [7, 11) is 3.28. The van der Waals surface area contributed by atoms with Gasteiger partial charge in [-0.05, 0) is 12.0 Å². The Bertz CT molecular complexity index is 346. The third-order valence-corrected chi connectivity index (χ3v) is 2.95. The fourth-order valence-electron chi connectivity index (χ4n) is 1.82. The Morgan fingerprint density at radius 3 is 2.16 bits per heavy atom. The molecule has 0 fully saturated rings. The molecule has 0 atom stereocenters. The number of nitrogens with zero attached hydrogens (tertiary/aromatic N) is 1. The SMILES string of the molecule is COCCN(CCOC)C(=O)CCc1ccccc1. The van der Waals surface area contributed by atoms with Crippen LogP contribution in [0.2, 0.25) is 0 Å². The van der Waals surface area contributed by atoms with Crippen LogP contribution in [0.15, 0.2) is 30.3 Å². The number of carbonyl (C=O) groups is 1. The second-order valence-electron chi connectivity index (χ2n) is 4.35. The molecule has 0 radical (unpaired) electrons. The van der Waals surface area contributed by atoms with Crippen LogP contribution in [0, 0.1) is 0 Å². The van der Waals surface area contributed by atoms with Gasteiger partial charge in [0.15, 0.2) is 0 Å². The molecule has 0 aliphatic rings. The maximum absolute atomic E-state index is 12.1. The first-order valence-corrected chi connectivity index (χ1v) is 6.57. The molecule has 0 aromatic heterocycles. The Hall–Kier alpha value is -1.39. The summed E-state index contributed by atoms with van der Waals surface area (Å²) in [6.45, 7) is 2.35. The fraction of sp³-hybridized carbons (Fsp3) is 0.533. The number of hydrogen-bond acceptors (Lipinski definition) is 3. The number of rotatable bonds is 9. The third-order valence-electron chi connectivity index (χ3n) is 2.95. The van der Waals surface area contributed by atoms with E-state index < -0.39 is 0 Å². The summed E-state index contributed by atoms with van der Waals surface area (Å²) in [6.07, 6.45) is 1.30. The highest BCUT2D eigenvalue weighted by molar-refractivity contribution is 5.76. The van der Waals surface area contributed by atoms with Gasteiger partial charge in [-0.2, -0.15) is 0 Å². The highest BCUT2D eigenvalue weighted by atomic mass is 16.5. The van der Waals surface area contributed by atoms with E-state index in [-0.39, 0.29) is 5.91 Å². The normalized spacial score (nSPS) is 10.4. The van der Waals surface area contributed by atoms with Gasteiger partial charge in [-0.25, -0.2) is 0 Å². The Labute approximate surface area is 115 Å². The zero-order chi connectivity index (χ0) is 13.9. The summed E-state index contributed by atoms with van der Waals surface area (Å²) in [4.78, 5) is 13.9. The van der Waals surface area contributed by atoms with Gasteiger partial charge in [-0.15, -0.1) is 0 Å². The van der Waals surface area contributed by atoms with Crippen molar-refractivity contribution in [2.75, 3.05) is 40.5 Å². The van der Waals surface area contributed by atoms with E-state index in [0.717, 1.165) is 6.42 Å². The number of aryl methyl sites for hydroxylation is 1. The van der Waals surface area contributed by atoms with Crippen LogP contribution < -0.4 is 0 Å². The van der Waals surface area contributed by atoms with Crippen molar-refractivity contribution in [3.05, 3.63) is 35.9 Å². The Morgan fingerprint density at radius 1 is 1.05 bits per heavy atom. The second kappa shape index (κ2) is 9.53. The first-order valence-electron chi connectivity index (χ1n) is 6.57. The summed E-state index contributed by atoms with van der Waals surface area (Å²) in [5.41, 5.74) is 1.19. The van der Waals surface area contributed by atoms with E-state index in [4.69, 9.17) is 9.47 Å². The van der Waals surface area contributed by atoms with Crippen LogP contribution in [0.4, 0.5) is 0 Å². The molecule has 1 rings (SSSR count). The number of ether oxygens (including phenoxy) is 2. The molecular formula is C15H23NO3. The predicted molar refractivity (Wildman–Crippen MR) is 75.1 cm³/mol. The average Bonchev–Trinajstić information content (AvgIpc) is 2.46. The summed E-state index contributed by atoms with van der Waals surface area (Å²) >= 11 is 0. The predicted octanol–water partition coefficient (Wildman–Crippen LogP) is 1.74. The van der Waals surface area contributed by atoms with Crippen molar-refractivity contribution in [2.45, 2.75) is 12.8 Å². The Balaban J connectivity index is 2.41. The molecule has 106 valence electrons. The van der Waals surface area contributed by atoms with E-state index in [1.165, 1.54) is 5.56 Å². The van der Waals surface area contributed by atoms with Gasteiger partial charge < -0.3 is 14.4 Å². The first kappa shape index (κ1) is 15.7. The molecule has 0 N–H and O–H groups in total. The van der Waals surface area contributed by atoms with Crippen LogP contribution in [0.25, 0.3) is 0 Å². The topological polar surface area (TPSA) is 38.8 Å². The van der Waals surface area contributed by atoms with Gasteiger partial charge in [0.1, 0.15) is 0 Å². The van der Waals surface area contributed by atoms with Gasteiger partial charge in [-0.3, -0.25) is 4.79 Å². The van der Waals surface area contributed by atoms with E-state index >= 15 is 0 Å². The summed E-state index contributed by atoms with van der Waals surface area (Å²) in [5, 5.41) is 0. The monoisotopic (exact) mass is 265 g/mol.